The Morgan fingerprint density at radius 3 is 3.00 bits per heavy atom. The summed E-state index contributed by atoms with van der Waals surface area (Å²) in [5.41, 5.74) is 1.08. The molecule has 0 aliphatic rings. The number of carbonyl (C=O) groups excluding carboxylic acids is 1. The molecule has 1 heterocycles. The minimum atomic E-state index is -0.0122. The van der Waals surface area contributed by atoms with Crippen LogP contribution in [0.4, 0.5) is 0 Å². The minimum absolute atomic E-state index is 0.0122. The fraction of sp³-hybridized carbons (Fsp3) is 0.417. The second-order valence-electron chi connectivity index (χ2n) is 3.86. The van der Waals surface area contributed by atoms with Crippen molar-refractivity contribution in [2.24, 2.45) is 5.92 Å². The summed E-state index contributed by atoms with van der Waals surface area (Å²) in [7, 11) is 0. The van der Waals surface area contributed by atoms with E-state index in [1.165, 1.54) is 0 Å². The summed E-state index contributed by atoms with van der Waals surface area (Å²) < 4.78 is 0. The number of carbonyl (C=O) groups is 1. The van der Waals surface area contributed by atoms with Gasteiger partial charge in [0.15, 0.2) is 0 Å². The first-order valence-corrected chi connectivity index (χ1v) is 6.11. The lowest BCUT2D eigenvalue weighted by Gasteiger charge is -2.04. The topological polar surface area (TPSA) is 29.1 Å². The summed E-state index contributed by atoms with van der Waals surface area (Å²) >= 11 is 1.63. The zero-order chi connectivity index (χ0) is 11.1. The van der Waals surface area contributed by atoms with Crippen molar-refractivity contribution >= 4 is 23.3 Å². The van der Waals surface area contributed by atoms with E-state index in [9.17, 15) is 4.79 Å². The average Bonchev–Trinajstić information content (AvgIpc) is 2.66. The monoisotopic (exact) mass is 223 g/mol. The van der Waals surface area contributed by atoms with Crippen molar-refractivity contribution in [1.82, 2.24) is 5.32 Å². The van der Waals surface area contributed by atoms with Crippen LogP contribution >= 0.6 is 11.3 Å². The molecule has 82 valence electrons. The Balaban J connectivity index is 2.24. The molecule has 2 nitrogen and oxygen atoms in total. The van der Waals surface area contributed by atoms with Gasteiger partial charge >= 0.3 is 0 Å². The Kier molecular flexibility index (Phi) is 5.12. The van der Waals surface area contributed by atoms with Crippen molar-refractivity contribution < 1.29 is 4.79 Å². The second kappa shape index (κ2) is 6.40. The van der Waals surface area contributed by atoms with Crippen LogP contribution in [0.3, 0.4) is 0 Å². The molecule has 0 spiro atoms. The fourth-order valence-electron chi connectivity index (χ4n) is 1.08. The van der Waals surface area contributed by atoms with Crippen LogP contribution in [-0.2, 0) is 4.79 Å². The molecule has 0 aliphatic heterocycles. The van der Waals surface area contributed by atoms with Crippen molar-refractivity contribution in [3.63, 3.8) is 0 Å². The van der Waals surface area contributed by atoms with Crippen LogP contribution in [0.5, 0.6) is 0 Å². The van der Waals surface area contributed by atoms with Crippen LogP contribution in [0.25, 0.3) is 6.08 Å². The van der Waals surface area contributed by atoms with Crippen LogP contribution in [-0.4, -0.2) is 12.5 Å². The normalized spacial score (nSPS) is 11.1. The number of rotatable bonds is 5. The molecule has 0 fully saturated rings. The first-order valence-electron chi connectivity index (χ1n) is 5.16. The molecule has 0 unspecified atom stereocenters. The number of nitrogens with one attached hydrogen (secondary N) is 1. The largest absolute Gasteiger partial charge is 0.353 e. The zero-order valence-electron chi connectivity index (χ0n) is 9.19. The first kappa shape index (κ1) is 12.0. The lowest BCUT2D eigenvalue weighted by atomic mass is 10.1. The third kappa shape index (κ3) is 5.37. The Bertz CT molecular complexity index is 314. The van der Waals surface area contributed by atoms with Gasteiger partial charge in [0.2, 0.25) is 5.91 Å². The van der Waals surface area contributed by atoms with Gasteiger partial charge in [0.25, 0.3) is 0 Å². The molecule has 15 heavy (non-hydrogen) atoms. The number of amides is 1. The Hall–Kier alpha value is -1.09. The van der Waals surface area contributed by atoms with Crippen molar-refractivity contribution in [2.45, 2.75) is 20.3 Å². The van der Waals surface area contributed by atoms with Gasteiger partial charge in [0, 0.05) is 12.6 Å². The van der Waals surface area contributed by atoms with Gasteiger partial charge in [-0.15, -0.1) is 0 Å². The fourth-order valence-corrected chi connectivity index (χ4v) is 1.71. The van der Waals surface area contributed by atoms with Crippen molar-refractivity contribution in [3.8, 4) is 0 Å². The smallest absolute Gasteiger partial charge is 0.243 e. The molecule has 0 bridgehead atoms. The minimum Gasteiger partial charge on any atom is -0.353 e. The molecular weight excluding hydrogens is 206 g/mol. The summed E-state index contributed by atoms with van der Waals surface area (Å²) in [6, 6.07) is 1.99. The Morgan fingerprint density at radius 2 is 2.40 bits per heavy atom. The predicted molar refractivity (Wildman–Crippen MR) is 65.8 cm³/mol. The van der Waals surface area contributed by atoms with Crippen LogP contribution in [0.2, 0.25) is 0 Å². The summed E-state index contributed by atoms with van der Waals surface area (Å²) in [6.07, 6.45) is 4.45. The SMILES string of the molecule is CC(C)CCNC(=O)/C=C/c1ccsc1. The van der Waals surface area contributed by atoms with E-state index in [-0.39, 0.29) is 5.91 Å². The molecular formula is C12H17NOS. The first-order chi connectivity index (χ1) is 7.18. The van der Waals surface area contributed by atoms with E-state index in [1.807, 2.05) is 22.9 Å². The van der Waals surface area contributed by atoms with Crippen molar-refractivity contribution in [3.05, 3.63) is 28.5 Å². The number of hydrogen-bond acceptors (Lipinski definition) is 2. The van der Waals surface area contributed by atoms with Crippen LogP contribution in [0.1, 0.15) is 25.8 Å². The summed E-state index contributed by atoms with van der Waals surface area (Å²) in [5.74, 6) is 0.619. The van der Waals surface area contributed by atoms with Crippen LogP contribution in [0, 0.1) is 5.92 Å². The average molecular weight is 223 g/mol. The second-order valence-corrected chi connectivity index (χ2v) is 4.64. The van der Waals surface area contributed by atoms with Gasteiger partial charge in [0.1, 0.15) is 0 Å². The van der Waals surface area contributed by atoms with Gasteiger partial charge in [-0.25, -0.2) is 0 Å². The van der Waals surface area contributed by atoms with Gasteiger partial charge < -0.3 is 5.32 Å². The standard InChI is InChI=1S/C12H17NOS/c1-10(2)5-7-13-12(14)4-3-11-6-8-15-9-11/h3-4,6,8-10H,5,7H2,1-2H3,(H,13,14)/b4-3+. The predicted octanol–water partition coefficient (Wildman–Crippen LogP) is 2.92. The van der Waals surface area contributed by atoms with Crippen LogP contribution in [0.15, 0.2) is 22.9 Å². The summed E-state index contributed by atoms with van der Waals surface area (Å²) in [6.45, 7) is 5.05. The highest BCUT2D eigenvalue weighted by molar-refractivity contribution is 7.08. The zero-order valence-corrected chi connectivity index (χ0v) is 10.0. The van der Waals surface area contributed by atoms with E-state index in [1.54, 1.807) is 17.4 Å². The van der Waals surface area contributed by atoms with E-state index >= 15 is 0 Å². The molecule has 1 rings (SSSR count). The van der Waals surface area contributed by atoms with Crippen molar-refractivity contribution in [1.29, 1.82) is 0 Å². The molecule has 0 aliphatic carbocycles. The molecule has 1 aromatic heterocycles. The third-order valence-electron chi connectivity index (χ3n) is 1.99. The number of hydrogen-bond donors (Lipinski definition) is 1. The van der Waals surface area contributed by atoms with Crippen LogP contribution < -0.4 is 5.32 Å². The highest BCUT2D eigenvalue weighted by atomic mass is 32.1. The molecule has 0 aromatic carbocycles. The summed E-state index contributed by atoms with van der Waals surface area (Å²) in [4.78, 5) is 11.3. The molecule has 0 radical (unpaired) electrons. The number of thiophene rings is 1. The highest BCUT2D eigenvalue weighted by Crippen LogP contribution is 2.07. The Morgan fingerprint density at radius 1 is 1.60 bits per heavy atom. The molecule has 3 heteroatoms. The van der Waals surface area contributed by atoms with Crippen molar-refractivity contribution in [2.75, 3.05) is 6.54 Å². The molecule has 0 saturated carbocycles. The summed E-state index contributed by atoms with van der Waals surface area (Å²) in [5, 5.41) is 6.86. The van der Waals surface area contributed by atoms with E-state index < -0.39 is 0 Å². The molecule has 0 saturated heterocycles. The van der Waals surface area contributed by atoms with E-state index in [0.29, 0.717) is 5.92 Å². The molecule has 1 N–H and O–H groups in total. The lowest BCUT2D eigenvalue weighted by Crippen LogP contribution is -2.22. The van der Waals surface area contributed by atoms with Gasteiger partial charge in [0.05, 0.1) is 0 Å². The van der Waals surface area contributed by atoms with Gasteiger partial charge in [-0.1, -0.05) is 13.8 Å². The molecule has 1 amide bonds. The third-order valence-corrected chi connectivity index (χ3v) is 2.69. The van der Waals surface area contributed by atoms with E-state index in [2.05, 4.69) is 19.2 Å². The lowest BCUT2D eigenvalue weighted by molar-refractivity contribution is -0.116. The van der Waals surface area contributed by atoms with E-state index in [4.69, 9.17) is 0 Å². The molecule has 1 aromatic rings. The Labute approximate surface area is 95.0 Å². The van der Waals surface area contributed by atoms with E-state index in [0.717, 1.165) is 18.5 Å². The maximum absolute atomic E-state index is 11.3. The maximum atomic E-state index is 11.3. The van der Waals surface area contributed by atoms with Gasteiger partial charge in [-0.05, 0) is 40.8 Å². The van der Waals surface area contributed by atoms with Gasteiger partial charge in [-0.2, -0.15) is 11.3 Å². The molecule has 0 atom stereocenters. The van der Waals surface area contributed by atoms with Gasteiger partial charge in [-0.3, -0.25) is 4.79 Å². The maximum Gasteiger partial charge on any atom is 0.243 e. The highest BCUT2D eigenvalue weighted by Gasteiger charge is 1.96. The quantitative estimate of drug-likeness (QED) is 0.764.